The van der Waals surface area contributed by atoms with Crippen LogP contribution < -0.4 is 4.90 Å². The number of imidazole rings is 1. The highest BCUT2D eigenvalue weighted by Gasteiger charge is 2.12. The predicted molar refractivity (Wildman–Crippen MR) is 116 cm³/mol. The van der Waals surface area contributed by atoms with Crippen LogP contribution in [0.25, 0.3) is 11.0 Å². The van der Waals surface area contributed by atoms with Crippen LogP contribution in [-0.4, -0.2) is 40.3 Å². The van der Waals surface area contributed by atoms with Gasteiger partial charge in [0.2, 0.25) is 5.91 Å². The van der Waals surface area contributed by atoms with Gasteiger partial charge in [0.1, 0.15) is 0 Å². The first kappa shape index (κ1) is 19.0. The van der Waals surface area contributed by atoms with E-state index >= 15 is 0 Å². The number of nitrogens with zero attached hydrogens (tertiary/aromatic N) is 4. The van der Waals surface area contributed by atoms with E-state index in [2.05, 4.69) is 34.1 Å². The zero-order chi connectivity index (χ0) is 19.5. The maximum Gasteiger partial charge on any atom is 0.246 e. The molecule has 0 radical (unpaired) electrons. The van der Waals surface area contributed by atoms with Gasteiger partial charge < -0.3 is 9.80 Å². The lowest BCUT2D eigenvalue weighted by molar-refractivity contribution is -0.125. The summed E-state index contributed by atoms with van der Waals surface area (Å²) in [6, 6.07) is 8.54. The molecule has 28 heavy (non-hydrogen) atoms. The molecule has 1 aliphatic heterocycles. The average molecular weight is 415 g/mol. The van der Waals surface area contributed by atoms with E-state index in [9.17, 15) is 4.79 Å². The van der Waals surface area contributed by atoms with Crippen molar-refractivity contribution in [3.63, 3.8) is 0 Å². The van der Waals surface area contributed by atoms with Crippen molar-refractivity contribution in [2.45, 2.75) is 25.8 Å². The lowest BCUT2D eigenvalue weighted by Crippen LogP contribution is -2.29. The van der Waals surface area contributed by atoms with Crippen molar-refractivity contribution < 1.29 is 4.79 Å². The number of hydrogen-bond acceptors (Lipinski definition) is 4. The van der Waals surface area contributed by atoms with Crippen molar-refractivity contribution in [1.82, 2.24) is 14.3 Å². The van der Waals surface area contributed by atoms with Crippen LogP contribution in [0.2, 0.25) is 5.15 Å². The molecule has 0 aliphatic carbocycles. The molecule has 1 fully saturated rings. The van der Waals surface area contributed by atoms with Crippen molar-refractivity contribution in [3.05, 3.63) is 58.3 Å². The Morgan fingerprint density at radius 2 is 2.00 bits per heavy atom. The summed E-state index contributed by atoms with van der Waals surface area (Å²) in [5.41, 5.74) is 3.12. The molecular formula is C21H23ClN4OS. The second-order valence-corrected chi connectivity index (χ2v) is 8.32. The molecule has 1 amide bonds. The first-order valence-corrected chi connectivity index (χ1v) is 10.8. The smallest absolute Gasteiger partial charge is 0.246 e. The van der Waals surface area contributed by atoms with Gasteiger partial charge in [0.15, 0.2) is 10.1 Å². The molecule has 0 N–H and O–H groups in total. The molecule has 0 atom stereocenters. The van der Waals surface area contributed by atoms with E-state index in [-0.39, 0.29) is 5.91 Å². The number of carbonyl (C=O) groups excluding carboxylic acids is 1. The zero-order valence-corrected chi connectivity index (χ0v) is 17.4. The summed E-state index contributed by atoms with van der Waals surface area (Å²) >= 11 is 7.69. The highest BCUT2D eigenvalue weighted by molar-refractivity contribution is 7.15. The summed E-state index contributed by atoms with van der Waals surface area (Å²) in [7, 11) is 1.81. The van der Waals surface area contributed by atoms with E-state index in [1.54, 1.807) is 17.1 Å². The van der Waals surface area contributed by atoms with Crippen LogP contribution >= 0.6 is 22.9 Å². The normalized spacial score (nSPS) is 14.9. The van der Waals surface area contributed by atoms with E-state index in [1.807, 2.05) is 23.0 Å². The van der Waals surface area contributed by atoms with Crippen molar-refractivity contribution in [2.75, 3.05) is 25.0 Å². The topological polar surface area (TPSA) is 40.8 Å². The van der Waals surface area contributed by atoms with Crippen LogP contribution in [0.15, 0.2) is 41.9 Å². The van der Waals surface area contributed by atoms with Crippen LogP contribution in [0.1, 0.15) is 30.5 Å². The molecule has 5 nitrogen and oxygen atoms in total. The first-order valence-electron chi connectivity index (χ1n) is 9.50. The second-order valence-electron chi connectivity index (χ2n) is 7.09. The quantitative estimate of drug-likeness (QED) is 0.567. The number of aromatic nitrogens is 2. The minimum Gasteiger partial charge on any atom is -0.372 e. The van der Waals surface area contributed by atoms with Gasteiger partial charge in [-0.1, -0.05) is 23.7 Å². The van der Waals surface area contributed by atoms with E-state index in [0.717, 1.165) is 29.3 Å². The van der Waals surface area contributed by atoms with Crippen molar-refractivity contribution in [3.8, 4) is 0 Å². The molecule has 1 aliphatic rings. The number of anilines is 1. The van der Waals surface area contributed by atoms with Gasteiger partial charge in [0, 0.05) is 50.0 Å². The number of benzene rings is 1. The van der Waals surface area contributed by atoms with Gasteiger partial charge >= 0.3 is 0 Å². The van der Waals surface area contributed by atoms with Crippen LogP contribution in [0.4, 0.5) is 5.69 Å². The third-order valence-electron chi connectivity index (χ3n) is 5.09. The van der Waals surface area contributed by atoms with Crippen molar-refractivity contribution in [1.29, 1.82) is 0 Å². The molecule has 3 aromatic rings. The van der Waals surface area contributed by atoms with Gasteiger partial charge in [0.05, 0.1) is 5.69 Å². The second kappa shape index (κ2) is 8.37. The Bertz CT molecular complexity index is 986. The summed E-state index contributed by atoms with van der Waals surface area (Å²) in [5.74, 6) is -0.0682. The van der Waals surface area contributed by atoms with Gasteiger partial charge in [-0.05, 0) is 43.0 Å². The third-order valence-corrected chi connectivity index (χ3v) is 6.13. The SMILES string of the molecule is CN(Cc1ccc(N2CCCCC2)cc1)C(=O)/C=C/c1c(Cl)nc2sccn12. The number of halogens is 1. The number of fused-ring (bicyclic) bond motifs is 1. The summed E-state index contributed by atoms with van der Waals surface area (Å²) in [6.07, 6.45) is 9.05. The lowest BCUT2D eigenvalue weighted by atomic mass is 10.1. The molecule has 0 bridgehead atoms. The Labute approximate surface area is 173 Å². The summed E-state index contributed by atoms with van der Waals surface area (Å²) in [4.78, 5) is 21.7. The maximum absolute atomic E-state index is 12.5. The Kier molecular flexibility index (Phi) is 5.69. The average Bonchev–Trinajstić information content (AvgIpc) is 3.28. The fourth-order valence-electron chi connectivity index (χ4n) is 3.52. The van der Waals surface area contributed by atoms with Gasteiger partial charge in [-0.3, -0.25) is 9.20 Å². The number of hydrogen-bond donors (Lipinski definition) is 0. The summed E-state index contributed by atoms with van der Waals surface area (Å²) in [5, 5.41) is 2.35. The summed E-state index contributed by atoms with van der Waals surface area (Å²) < 4.78 is 1.89. The number of thiazole rings is 1. The van der Waals surface area contributed by atoms with Crippen LogP contribution in [0, 0.1) is 0 Å². The standard InChI is InChI=1S/C21H23ClN4OS/c1-24(15-16-5-7-17(8-6-16)25-11-3-2-4-12-25)19(27)10-9-18-20(22)23-21-26(18)13-14-28-21/h5-10,13-14H,2-4,11-12,15H2,1H3/b10-9+. The third kappa shape index (κ3) is 4.08. The fraction of sp³-hybridized carbons (Fsp3) is 0.333. The summed E-state index contributed by atoms with van der Waals surface area (Å²) in [6.45, 7) is 2.84. The molecule has 1 saturated heterocycles. The lowest BCUT2D eigenvalue weighted by Gasteiger charge is -2.29. The minimum absolute atomic E-state index is 0.0682. The van der Waals surface area contributed by atoms with Crippen molar-refractivity contribution in [2.24, 2.45) is 0 Å². The monoisotopic (exact) mass is 414 g/mol. The molecule has 0 saturated carbocycles. The van der Waals surface area contributed by atoms with Crippen LogP contribution in [0.5, 0.6) is 0 Å². The molecule has 4 rings (SSSR count). The number of rotatable bonds is 5. The van der Waals surface area contributed by atoms with Gasteiger partial charge in [-0.25, -0.2) is 4.98 Å². The minimum atomic E-state index is -0.0682. The molecule has 3 heterocycles. The fourth-order valence-corrected chi connectivity index (χ4v) is 4.52. The molecule has 0 spiro atoms. The Hall–Kier alpha value is -2.31. The number of likely N-dealkylation sites (N-methyl/N-ethyl adjacent to an activating group) is 1. The van der Waals surface area contributed by atoms with E-state index in [1.165, 1.54) is 36.3 Å². The van der Waals surface area contributed by atoms with E-state index < -0.39 is 0 Å². The number of piperidine rings is 1. The molecule has 146 valence electrons. The van der Waals surface area contributed by atoms with Gasteiger partial charge in [-0.2, -0.15) is 0 Å². The first-order chi connectivity index (χ1) is 13.6. The zero-order valence-electron chi connectivity index (χ0n) is 15.8. The molecule has 2 aromatic heterocycles. The molecular weight excluding hydrogens is 392 g/mol. The highest BCUT2D eigenvalue weighted by atomic mass is 35.5. The van der Waals surface area contributed by atoms with Crippen molar-refractivity contribution >= 4 is 45.6 Å². The maximum atomic E-state index is 12.5. The molecule has 0 unspecified atom stereocenters. The van der Waals surface area contributed by atoms with E-state index in [4.69, 9.17) is 11.6 Å². The van der Waals surface area contributed by atoms with Crippen LogP contribution in [0.3, 0.4) is 0 Å². The Balaban J connectivity index is 1.38. The number of carbonyl (C=O) groups is 1. The predicted octanol–water partition coefficient (Wildman–Crippen LogP) is 4.71. The highest BCUT2D eigenvalue weighted by Crippen LogP contribution is 2.23. The molecule has 1 aromatic carbocycles. The van der Waals surface area contributed by atoms with Gasteiger partial charge in [-0.15, -0.1) is 11.3 Å². The van der Waals surface area contributed by atoms with Gasteiger partial charge in [0.25, 0.3) is 0 Å². The number of amides is 1. The Morgan fingerprint density at radius 1 is 1.25 bits per heavy atom. The Morgan fingerprint density at radius 3 is 2.75 bits per heavy atom. The molecule has 7 heteroatoms. The largest absolute Gasteiger partial charge is 0.372 e. The van der Waals surface area contributed by atoms with E-state index in [0.29, 0.717) is 11.7 Å². The van der Waals surface area contributed by atoms with Crippen LogP contribution in [-0.2, 0) is 11.3 Å².